The first-order chi connectivity index (χ1) is 13.8. The molecular weight excluding hydrogens is 378 g/mol. The summed E-state index contributed by atoms with van der Waals surface area (Å²) < 4.78 is 11.0. The number of carbonyl (C=O) groups excluding carboxylic acids is 2. The lowest BCUT2D eigenvalue weighted by atomic mass is 9.94. The summed E-state index contributed by atoms with van der Waals surface area (Å²) in [5.74, 6) is -0.536. The van der Waals surface area contributed by atoms with Gasteiger partial charge in [0.1, 0.15) is 11.2 Å². The number of alkyl carbamates (subject to hydrolysis) is 1. The predicted octanol–water partition coefficient (Wildman–Crippen LogP) is 5.68. The number of benzene rings is 1. The molecule has 0 spiro atoms. The molecule has 0 radical (unpaired) electrons. The molecule has 0 bridgehead atoms. The normalized spacial score (nSPS) is 15.3. The van der Waals surface area contributed by atoms with Crippen molar-refractivity contribution in [2.45, 2.75) is 85.5 Å². The van der Waals surface area contributed by atoms with Crippen molar-refractivity contribution in [1.29, 1.82) is 0 Å². The highest BCUT2D eigenvalue weighted by Gasteiger charge is 2.25. The number of amides is 1. The molecule has 30 heavy (non-hydrogen) atoms. The standard InChI is InChI=1S/C25H39NO4/c1-9-18(2)21(26-23(28)30-25(6,7)8)16-15-20(22(27)29-24(3,4)5)17-19-13-11-10-12-14-19/h10-16,18,20-21H,9,17H2,1-8H3,(H,26,28)/b16-15+/t18-,20+,21+/m0/s1. The molecule has 5 nitrogen and oxygen atoms in total. The molecule has 1 N–H and O–H groups in total. The monoisotopic (exact) mass is 417 g/mol. The molecule has 0 saturated heterocycles. The molecule has 0 aromatic heterocycles. The Morgan fingerprint density at radius 2 is 1.53 bits per heavy atom. The molecule has 0 fully saturated rings. The number of rotatable bonds is 8. The van der Waals surface area contributed by atoms with Crippen LogP contribution >= 0.6 is 0 Å². The van der Waals surface area contributed by atoms with Gasteiger partial charge in [0.2, 0.25) is 0 Å². The Labute approximate surface area is 182 Å². The fourth-order valence-electron chi connectivity index (χ4n) is 2.81. The summed E-state index contributed by atoms with van der Waals surface area (Å²) in [6.45, 7) is 15.2. The van der Waals surface area contributed by atoms with Crippen molar-refractivity contribution in [1.82, 2.24) is 5.32 Å². The predicted molar refractivity (Wildman–Crippen MR) is 121 cm³/mol. The van der Waals surface area contributed by atoms with Gasteiger partial charge >= 0.3 is 12.1 Å². The van der Waals surface area contributed by atoms with Crippen molar-refractivity contribution in [3.05, 3.63) is 48.0 Å². The molecule has 0 saturated carbocycles. The summed E-state index contributed by atoms with van der Waals surface area (Å²) in [5.41, 5.74) is -0.0801. The topological polar surface area (TPSA) is 64.6 Å². The lowest BCUT2D eigenvalue weighted by molar-refractivity contribution is -0.158. The largest absolute Gasteiger partial charge is 0.460 e. The molecule has 1 aromatic rings. The number of hydrogen-bond donors (Lipinski definition) is 1. The Kier molecular flexibility index (Phi) is 9.60. The minimum Gasteiger partial charge on any atom is -0.460 e. The molecule has 0 aliphatic heterocycles. The number of ether oxygens (including phenoxy) is 2. The summed E-state index contributed by atoms with van der Waals surface area (Å²) in [4.78, 5) is 25.1. The maximum Gasteiger partial charge on any atom is 0.408 e. The van der Waals surface area contributed by atoms with E-state index < -0.39 is 23.2 Å². The Bertz CT molecular complexity index is 698. The maximum absolute atomic E-state index is 12.8. The van der Waals surface area contributed by atoms with Gasteiger partial charge in [-0.25, -0.2) is 4.79 Å². The Hall–Kier alpha value is -2.30. The molecule has 0 aliphatic rings. The van der Waals surface area contributed by atoms with Gasteiger partial charge in [-0.2, -0.15) is 0 Å². The first kappa shape index (κ1) is 25.7. The third-order valence-corrected chi connectivity index (χ3v) is 4.50. The van der Waals surface area contributed by atoms with E-state index in [0.29, 0.717) is 6.42 Å². The second-order valence-electron chi connectivity index (χ2n) is 9.77. The van der Waals surface area contributed by atoms with Gasteiger partial charge in [-0.3, -0.25) is 4.79 Å². The number of hydrogen-bond acceptors (Lipinski definition) is 4. The van der Waals surface area contributed by atoms with Crippen LogP contribution in [-0.2, 0) is 20.7 Å². The number of nitrogens with one attached hydrogen (secondary N) is 1. The van der Waals surface area contributed by atoms with Gasteiger partial charge in [-0.15, -0.1) is 0 Å². The van der Waals surface area contributed by atoms with Crippen molar-refractivity contribution in [3.63, 3.8) is 0 Å². The van der Waals surface area contributed by atoms with Gasteiger partial charge in [0.25, 0.3) is 0 Å². The highest BCUT2D eigenvalue weighted by molar-refractivity contribution is 5.75. The summed E-state index contributed by atoms with van der Waals surface area (Å²) in [6.07, 6.45) is 4.70. The average Bonchev–Trinajstić information content (AvgIpc) is 2.61. The van der Waals surface area contributed by atoms with E-state index in [9.17, 15) is 9.59 Å². The molecule has 0 heterocycles. The van der Waals surface area contributed by atoms with Crippen LogP contribution in [0.2, 0.25) is 0 Å². The minimum absolute atomic E-state index is 0.185. The van der Waals surface area contributed by atoms with E-state index in [-0.39, 0.29) is 17.9 Å². The molecule has 1 rings (SSSR count). The van der Waals surface area contributed by atoms with E-state index in [1.165, 1.54) is 0 Å². The molecule has 168 valence electrons. The zero-order valence-corrected chi connectivity index (χ0v) is 19.8. The SMILES string of the molecule is CC[C@H](C)[C@@H](/C=C/[C@H](Cc1ccccc1)C(=O)OC(C)(C)C)NC(=O)OC(C)(C)C. The van der Waals surface area contributed by atoms with Gasteiger partial charge < -0.3 is 14.8 Å². The van der Waals surface area contributed by atoms with Crippen LogP contribution in [-0.4, -0.2) is 29.3 Å². The molecule has 0 unspecified atom stereocenters. The zero-order valence-electron chi connectivity index (χ0n) is 19.8. The summed E-state index contributed by atoms with van der Waals surface area (Å²) in [6, 6.07) is 9.61. The fourth-order valence-corrected chi connectivity index (χ4v) is 2.81. The maximum atomic E-state index is 12.8. The van der Waals surface area contributed by atoms with Gasteiger partial charge in [0.05, 0.1) is 12.0 Å². The Morgan fingerprint density at radius 3 is 2.03 bits per heavy atom. The highest BCUT2D eigenvalue weighted by Crippen LogP contribution is 2.19. The molecule has 5 heteroatoms. The average molecular weight is 418 g/mol. The van der Waals surface area contributed by atoms with E-state index in [1.54, 1.807) is 0 Å². The molecule has 0 aliphatic carbocycles. The van der Waals surface area contributed by atoms with E-state index in [2.05, 4.69) is 19.2 Å². The van der Waals surface area contributed by atoms with Crippen LogP contribution in [0.15, 0.2) is 42.5 Å². The number of carbonyl (C=O) groups is 2. The van der Waals surface area contributed by atoms with Crippen LogP contribution in [0.25, 0.3) is 0 Å². The molecule has 1 amide bonds. The van der Waals surface area contributed by atoms with Crippen LogP contribution in [0, 0.1) is 11.8 Å². The summed E-state index contributed by atoms with van der Waals surface area (Å²) in [7, 11) is 0. The quantitative estimate of drug-likeness (QED) is 0.436. The Morgan fingerprint density at radius 1 is 0.967 bits per heavy atom. The number of esters is 1. The fraction of sp³-hybridized carbons (Fsp3) is 0.600. The molecule has 1 aromatic carbocycles. The van der Waals surface area contributed by atoms with Gasteiger partial charge in [-0.1, -0.05) is 62.8 Å². The van der Waals surface area contributed by atoms with Crippen molar-refractivity contribution in [2.75, 3.05) is 0 Å². The van der Waals surface area contributed by atoms with Crippen molar-refractivity contribution < 1.29 is 19.1 Å². The Balaban J connectivity index is 3.04. The lowest BCUT2D eigenvalue weighted by Gasteiger charge is -2.26. The van der Waals surface area contributed by atoms with E-state index in [4.69, 9.17) is 9.47 Å². The van der Waals surface area contributed by atoms with Crippen molar-refractivity contribution in [3.8, 4) is 0 Å². The highest BCUT2D eigenvalue weighted by atomic mass is 16.6. The minimum atomic E-state index is -0.569. The van der Waals surface area contributed by atoms with Gasteiger partial charge in [-0.05, 0) is 59.4 Å². The third-order valence-electron chi connectivity index (χ3n) is 4.50. The first-order valence-corrected chi connectivity index (χ1v) is 10.8. The van der Waals surface area contributed by atoms with Crippen LogP contribution in [0.4, 0.5) is 4.79 Å². The first-order valence-electron chi connectivity index (χ1n) is 10.8. The van der Waals surface area contributed by atoms with Crippen LogP contribution in [0.3, 0.4) is 0 Å². The summed E-state index contributed by atoms with van der Waals surface area (Å²) >= 11 is 0. The molecule has 3 atom stereocenters. The third kappa shape index (κ3) is 10.5. The van der Waals surface area contributed by atoms with Crippen LogP contribution < -0.4 is 5.32 Å². The van der Waals surface area contributed by atoms with Crippen molar-refractivity contribution >= 4 is 12.1 Å². The van der Waals surface area contributed by atoms with Gasteiger partial charge in [0.15, 0.2) is 0 Å². The smallest absolute Gasteiger partial charge is 0.408 e. The van der Waals surface area contributed by atoms with Crippen LogP contribution in [0.1, 0.15) is 67.4 Å². The van der Waals surface area contributed by atoms with E-state index in [1.807, 2.05) is 84.0 Å². The molecular formula is C25H39NO4. The summed E-state index contributed by atoms with van der Waals surface area (Å²) in [5, 5.41) is 2.93. The zero-order chi connectivity index (χ0) is 22.9. The second kappa shape index (κ2) is 11.2. The van der Waals surface area contributed by atoms with Gasteiger partial charge in [0, 0.05) is 0 Å². The van der Waals surface area contributed by atoms with Crippen LogP contribution in [0.5, 0.6) is 0 Å². The van der Waals surface area contributed by atoms with E-state index in [0.717, 1.165) is 12.0 Å². The lowest BCUT2D eigenvalue weighted by Crippen LogP contribution is -2.41. The van der Waals surface area contributed by atoms with Crippen molar-refractivity contribution in [2.24, 2.45) is 11.8 Å². The second-order valence-corrected chi connectivity index (χ2v) is 9.77. The van der Waals surface area contributed by atoms with E-state index >= 15 is 0 Å².